The molecule has 1 spiro atoms. The number of H-pyrrole nitrogens is 1. The molecular weight excluding hydrogens is 238 g/mol. The third-order valence-electron chi connectivity index (χ3n) is 4.53. The van der Waals surface area contributed by atoms with Gasteiger partial charge in [-0.05, 0) is 24.7 Å². The van der Waals surface area contributed by atoms with Crippen LogP contribution in [0.1, 0.15) is 37.9 Å². The van der Waals surface area contributed by atoms with E-state index in [-0.39, 0.29) is 17.4 Å². The zero-order valence-corrected chi connectivity index (χ0v) is 9.86. The number of carboxylic acid groups (broad SMARTS) is 1. The summed E-state index contributed by atoms with van der Waals surface area (Å²) in [5, 5.41) is 15.0. The minimum Gasteiger partial charge on any atom is -0.465 e. The van der Waals surface area contributed by atoms with Crippen LogP contribution in [0.5, 0.6) is 0 Å². The van der Waals surface area contributed by atoms with Gasteiger partial charge in [0.1, 0.15) is 0 Å². The fraction of sp³-hybridized carbons (Fsp3) is 0.727. The average Bonchev–Trinajstić information content (AvgIpc) is 2.71. The predicted molar refractivity (Wildman–Crippen MR) is 60.3 cm³/mol. The van der Waals surface area contributed by atoms with Crippen LogP contribution < -0.4 is 11.1 Å². The standard InChI is InChI=1S/C11H15N3O4/c15-8(16)12-6-11(7-13-9(17)18-14-7)5-10(11)3-1-2-4-10/h12H,1-6H2,(H,15,16)(H,13,14,17). The molecule has 1 unspecified atom stereocenters. The number of carbonyl (C=O) groups is 1. The van der Waals surface area contributed by atoms with Crippen molar-refractivity contribution in [3.05, 3.63) is 16.4 Å². The van der Waals surface area contributed by atoms with Crippen LogP contribution in [0, 0.1) is 5.41 Å². The Balaban J connectivity index is 1.90. The summed E-state index contributed by atoms with van der Waals surface area (Å²) in [4.78, 5) is 24.4. The van der Waals surface area contributed by atoms with Gasteiger partial charge in [-0.15, -0.1) is 0 Å². The first kappa shape index (κ1) is 11.3. The van der Waals surface area contributed by atoms with E-state index in [0.717, 1.165) is 32.1 Å². The molecule has 0 radical (unpaired) electrons. The number of aromatic amines is 1. The summed E-state index contributed by atoms with van der Waals surface area (Å²) in [5.74, 6) is -0.0945. The van der Waals surface area contributed by atoms with E-state index in [1.54, 1.807) is 0 Å². The van der Waals surface area contributed by atoms with E-state index in [1.807, 2.05) is 0 Å². The first-order chi connectivity index (χ1) is 8.58. The van der Waals surface area contributed by atoms with Crippen LogP contribution in [0.2, 0.25) is 0 Å². The summed E-state index contributed by atoms with van der Waals surface area (Å²) in [6.07, 6.45) is 4.23. The highest BCUT2D eigenvalue weighted by molar-refractivity contribution is 5.64. The highest BCUT2D eigenvalue weighted by atomic mass is 16.5. The zero-order valence-electron chi connectivity index (χ0n) is 9.86. The summed E-state index contributed by atoms with van der Waals surface area (Å²) < 4.78 is 4.56. The second kappa shape index (κ2) is 3.60. The van der Waals surface area contributed by atoms with Crippen molar-refractivity contribution in [2.45, 2.75) is 37.5 Å². The summed E-state index contributed by atoms with van der Waals surface area (Å²) in [7, 11) is 0. The summed E-state index contributed by atoms with van der Waals surface area (Å²) in [5.41, 5.74) is -0.288. The third kappa shape index (κ3) is 1.46. The Bertz CT molecular complexity index is 528. The van der Waals surface area contributed by atoms with Gasteiger partial charge in [-0.2, -0.15) is 0 Å². The maximum Gasteiger partial charge on any atom is 0.438 e. The van der Waals surface area contributed by atoms with E-state index in [2.05, 4.69) is 20.0 Å². The van der Waals surface area contributed by atoms with Gasteiger partial charge >= 0.3 is 11.8 Å². The second-order valence-electron chi connectivity index (χ2n) is 5.35. The van der Waals surface area contributed by atoms with Gasteiger partial charge in [0.15, 0.2) is 5.82 Å². The quantitative estimate of drug-likeness (QED) is 0.739. The Labute approximate surface area is 103 Å². The predicted octanol–water partition coefficient (Wildman–Crippen LogP) is 0.832. The highest BCUT2D eigenvalue weighted by Gasteiger charge is 2.70. The van der Waals surface area contributed by atoms with Crippen LogP contribution in [-0.4, -0.2) is 27.9 Å². The van der Waals surface area contributed by atoms with Crippen LogP contribution in [0.4, 0.5) is 4.79 Å². The first-order valence-electron chi connectivity index (χ1n) is 6.11. The van der Waals surface area contributed by atoms with Crippen LogP contribution >= 0.6 is 0 Å². The van der Waals surface area contributed by atoms with Gasteiger partial charge in [0.2, 0.25) is 0 Å². The fourth-order valence-electron chi connectivity index (χ4n) is 3.57. The summed E-state index contributed by atoms with van der Waals surface area (Å²) >= 11 is 0. The lowest BCUT2D eigenvalue weighted by Crippen LogP contribution is -2.35. The van der Waals surface area contributed by atoms with E-state index in [4.69, 9.17) is 5.11 Å². The Hall–Kier alpha value is -1.79. The third-order valence-corrected chi connectivity index (χ3v) is 4.53. The number of nitrogens with zero attached hydrogens (tertiary/aromatic N) is 1. The van der Waals surface area contributed by atoms with E-state index >= 15 is 0 Å². The average molecular weight is 253 g/mol. The summed E-state index contributed by atoms with van der Waals surface area (Å²) in [6.45, 7) is 0.283. The molecule has 1 atom stereocenters. The Morgan fingerprint density at radius 3 is 2.78 bits per heavy atom. The molecule has 0 bridgehead atoms. The van der Waals surface area contributed by atoms with Crippen LogP contribution in [0.3, 0.4) is 0 Å². The highest BCUT2D eigenvalue weighted by Crippen LogP contribution is 2.71. The van der Waals surface area contributed by atoms with Crippen molar-refractivity contribution < 1.29 is 14.4 Å². The Kier molecular flexibility index (Phi) is 2.26. The van der Waals surface area contributed by atoms with Gasteiger partial charge in [-0.25, -0.2) is 9.59 Å². The lowest BCUT2D eigenvalue weighted by Gasteiger charge is -2.19. The molecule has 0 aliphatic heterocycles. The lowest BCUT2D eigenvalue weighted by molar-refractivity contribution is 0.191. The zero-order chi connectivity index (χ0) is 12.8. The van der Waals surface area contributed by atoms with Gasteiger partial charge in [0, 0.05) is 6.54 Å². The molecular formula is C11H15N3O4. The molecule has 98 valence electrons. The molecule has 3 rings (SSSR count). The largest absolute Gasteiger partial charge is 0.465 e. The molecule has 1 heterocycles. The molecule has 7 nitrogen and oxygen atoms in total. The van der Waals surface area contributed by atoms with E-state index in [9.17, 15) is 9.59 Å². The van der Waals surface area contributed by atoms with E-state index in [1.165, 1.54) is 0 Å². The molecule has 1 aromatic rings. The van der Waals surface area contributed by atoms with Crippen molar-refractivity contribution in [3.8, 4) is 0 Å². The molecule has 1 aromatic heterocycles. The maximum atomic E-state index is 11.1. The van der Waals surface area contributed by atoms with Crippen LogP contribution in [0.15, 0.2) is 9.32 Å². The van der Waals surface area contributed by atoms with Gasteiger partial charge < -0.3 is 10.4 Å². The van der Waals surface area contributed by atoms with Crippen molar-refractivity contribution in [2.24, 2.45) is 5.41 Å². The van der Waals surface area contributed by atoms with Gasteiger partial charge in [0.25, 0.3) is 0 Å². The molecule has 1 amide bonds. The van der Waals surface area contributed by atoms with Crippen molar-refractivity contribution >= 4 is 6.09 Å². The van der Waals surface area contributed by atoms with E-state index in [0.29, 0.717) is 5.82 Å². The lowest BCUT2D eigenvalue weighted by atomic mass is 9.90. The summed E-state index contributed by atoms with van der Waals surface area (Å²) in [6, 6.07) is 0. The molecule has 7 heteroatoms. The molecule has 2 saturated carbocycles. The SMILES string of the molecule is O=C(O)NCC1(c2noc(=O)[nH]2)CC12CCCC2. The normalized spacial score (nSPS) is 28.4. The maximum absolute atomic E-state index is 11.1. The second-order valence-corrected chi connectivity index (χ2v) is 5.35. The number of aromatic nitrogens is 2. The Morgan fingerprint density at radius 2 is 2.22 bits per heavy atom. The number of hydrogen-bond acceptors (Lipinski definition) is 4. The smallest absolute Gasteiger partial charge is 0.438 e. The van der Waals surface area contributed by atoms with Gasteiger partial charge in [-0.1, -0.05) is 18.0 Å². The number of hydrogen-bond donors (Lipinski definition) is 3. The molecule has 0 saturated heterocycles. The molecule has 2 fully saturated rings. The number of rotatable bonds is 3. The minimum absolute atomic E-state index is 0.0925. The molecule has 18 heavy (non-hydrogen) atoms. The van der Waals surface area contributed by atoms with Crippen molar-refractivity contribution in [1.82, 2.24) is 15.5 Å². The Morgan fingerprint density at radius 1 is 1.50 bits per heavy atom. The van der Waals surface area contributed by atoms with Gasteiger partial charge in [-0.3, -0.25) is 9.51 Å². The molecule has 2 aliphatic carbocycles. The minimum atomic E-state index is -1.06. The molecule has 3 N–H and O–H groups in total. The number of nitrogens with one attached hydrogen (secondary N) is 2. The van der Waals surface area contributed by atoms with Crippen molar-refractivity contribution in [3.63, 3.8) is 0 Å². The van der Waals surface area contributed by atoms with Crippen molar-refractivity contribution in [1.29, 1.82) is 0 Å². The fourth-order valence-corrected chi connectivity index (χ4v) is 3.57. The molecule has 2 aliphatic rings. The van der Waals surface area contributed by atoms with Crippen LogP contribution in [-0.2, 0) is 5.41 Å². The van der Waals surface area contributed by atoms with Gasteiger partial charge in [0.05, 0.1) is 5.41 Å². The van der Waals surface area contributed by atoms with Crippen molar-refractivity contribution in [2.75, 3.05) is 6.54 Å². The van der Waals surface area contributed by atoms with Crippen LogP contribution in [0.25, 0.3) is 0 Å². The first-order valence-corrected chi connectivity index (χ1v) is 6.11. The molecule has 0 aromatic carbocycles. The number of amides is 1. The monoisotopic (exact) mass is 253 g/mol. The van der Waals surface area contributed by atoms with E-state index < -0.39 is 11.8 Å². The topological polar surface area (TPSA) is 108 Å².